The molecule has 2 aliphatic carbocycles. The van der Waals surface area contributed by atoms with Crippen molar-refractivity contribution in [1.82, 2.24) is 30.1 Å². The Labute approximate surface area is 207 Å². The van der Waals surface area contributed by atoms with Crippen LogP contribution in [0.4, 0.5) is 0 Å². The number of rotatable bonds is 10. The van der Waals surface area contributed by atoms with Crippen molar-refractivity contribution >= 4 is 10.9 Å². The molecule has 5 rings (SSSR count). The first-order valence-electron chi connectivity index (χ1n) is 13.5. The van der Waals surface area contributed by atoms with Gasteiger partial charge in [0.2, 0.25) is 0 Å². The number of pyridine rings is 1. The van der Waals surface area contributed by atoms with Crippen LogP contribution in [0.15, 0.2) is 29.1 Å². The Hall–Kier alpha value is -2.74. The van der Waals surface area contributed by atoms with Crippen LogP contribution in [0.1, 0.15) is 102 Å². The van der Waals surface area contributed by atoms with Gasteiger partial charge in [-0.1, -0.05) is 39.0 Å². The summed E-state index contributed by atoms with van der Waals surface area (Å²) in [6.45, 7) is 5.42. The maximum absolute atomic E-state index is 13.2. The highest BCUT2D eigenvalue weighted by Crippen LogP contribution is 2.37. The van der Waals surface area contributed by atoms with Gasteiger partial charge >= 0.3 is 0 Å². The van der Waals surface area contributed by atoms with Gasteiger partial charge in [-0.2, -0.15) is 0 Å². The van der Waals surface area contributed by atoms with Crippen molar-refractivity contribution < 1.29 is 4.74 Å². The first-order chi connectivity index (χ1) is 17.2. The minimum absolute atomic E-state index is 0.0182. The van der Waals surface area contributed by atoms with Gasteiger partial charge in [0.15, 0.2) is 5.82 Å². The molecule has 1 aromatic carbocycles. The van der Waals surface area contributed by atoms with Gasteiger partial charge < -0.3 is 9.72 Å². The Balaban J connectivity index is 1.52. The Morgan fingerprint density at radius 3 is 2.63 bits per heavy atom. The molecule has 0 aliphatic heterocycles. The zero-order valence-corrected chi connectivity index (χ0v) is 21.1. The fourth-order valence-corrected chi connectivity index (χ4v) is 6.08. The second-order valence-corrected chi connectivity index (χ2v) is 10.1. The molecule has 1 N–H and O–H groups in total. The van der Waals surface area contributed by atoms with Gasteiger partial charge in [0.05, 0.1) is 18.7 Å². The fourth-order valence-electron chi connectivity index (χ4n) is 6.08. The second kappa shape index (κ2) is 10.9. The second-order valence-electron chi connectivity index (χ2n) is 10.1. The molecule has 0 saturated heterocycles. The van der Waals surface area contributed by atoms with E-state index in [0.717, 1.165) is 66.6 Å². The largest absolute Gasteiger partial charge is 0.494 e. The average molecular weight is 479 g/mol. The summed E-state index contributed by atoms with van der Waals surface area (Å²) in [5.74, 6) is 1.80. The lowest BCUT2D eigenvalue weighted by atomic mass is 10.0. The lowest BCUT2D eigenvalue weighted by Crippen LogP contribution is -2.39. The van der Waals surface area contributed by atoms with Gasteiger partial charge in [-0.15, -0.1) is 5.10 Å². The fraction of sp³-hybridized carbons (Fsp3) is 0.630. The van der Waals surface area contributed by atoms with Gasteiger partial charge in [-0.25, -0.2) is 4.68 Å². The zero-order valence-electron chi connectivity index (χ0n) is 21.1. The van der Waals surface area contributed by atoms with Crippen molar-refractivity contribution in [1.29, 1.82) is 0 Å². The molecule has 8 heteroatoms. The van der Waals surface area contributed by atoms with E-state index in [9.17, 15) is 4.79 Å². The molecule has 3 aromatic rings. The van der Waals surface area contributed by atoms with Crippen LogP contribution in [-0.2, 0) is 6.54 Å². The monoisotopic (exact) mass is 478 g/mol. The minimum Gasteiger partial charge on any atom is -0.494 e. The highest BCUT2D eigenvalue weighted by atomic mass is 16.5. The molecule has 2 aromatic heterocycles. The smallest absolute Gasteiger partial charge is 0.252 e. The van der Waals surface area contributed by atoms with Crippen LogP contribution in [0.5, 0.6) is 5.75 Å². The zero-order chi connectivity index (χ0) is 24.2. The summed E-state index contributed by atoms with van der Waals surface area (Å²) in [4.78, 5) is 18.8. The summed E-state index contributed by atoms with van der Waals surface area (Å²) >= 11 is 0. The lowest BCUT2D eigenvalue weighted by molar-refractivity contribution is 0.106. The van der Waals surface area contributed by atoms with E-state index in [1.165, 1.54) is 25.7 Å². The molecule has 0 radical (unpaired) electrons. The molecule has 2 heterocycles. The predicted octanol–water partition coefficient (Wildman–Crippen LogP) is 5.31. The van der Waals surface area contributed by atoms with E-state index in [1.54, 1.807) is 0 Å². The van der Waals surface area contributed by atoms with Crippen LogP contribution < -0.4 is 10.3 Å². The first-order valence-corrected chi connectivity index (χ1v) is 13.5. The Bertz CT molecular complexity index is 1180. The Morgan fingerprint density at radius 1 is 1.11 bits per heavy atom. The maximum atomic E-state index is 13.2. The number of H-pyrrole nitrogens is 1. The van der Waals surface area contributed by atoms with Crippen LogP contribution in [0.3, 0.4) is 0 Å². The molecule has 0 bridgehead atoms. The molecule has 2 fully saturated rings. The topological polar surface area (TPSA) is 88.9 Å². The number of fused-ring (bicyclic) bond motifs is 1. The maximum Gasteiger partial charge on any atom is 0.252 e. The third-order valence-corrected chi connectivity index (χ3v) is 7.80. The van der Waals surface area contributed by atoms with E-state index in [-0.39, 0.29) is 11.6 Å². The Kier molecular flexibility index (Phi) is 7.46. The summed E-state index contributed by atoms with van der Waals surface area (Å²) in [5.41, 5.74) is 1.61. The molecule has 0 spiro atoms. The van der Waals surface area contributed by atoms with Crippen molar-refractivity contribution in [3.8, 4) is 5.75 Å². The van der Waals surface area contributed by atoms with Crippen molar-refractivity contribution in [2.45, 2.75) is 103 Å². The van der Waals surface area contributed by atoms with Gasteiger partial charge in [-0.3, -0.25) is 9.69 Å². The van der Waals surface area contributed by atoms with E-state index in [0.29, 0.717) is 25.2 Å². The molecule has 1 atom stereocenters. The number of nitrogens with one attached hydrogen (secondary N) is 1. The summed E-state index contributed by atoms with van der Waals surface area (Å²) in [7, 11) is 0. The van der Waals surface area contributed by atoms with Crippen LogP contribution >= 0.6 is 0 Å². The van der Waals surface area contributed by atoms with Crippen molar-refractivity contribution in [3.05, 3.63) is 46.0 Å². The van der Waals surface area contributed by atoms with E-state index < -0.39 is 0 Å². The highest BCUT2D eigenvalue weighted by Gasteiger charge is 2.34. The quantitative estimate of drug-likeness (QED) is 0.425. The standard InChI is InChI=1S/C27H38N6O2/c1-3-9-25(26-29-30-31-33(26)22-12-7-8-13-22)32(21-10-5-6-11-21)18-20-16-19-17-23(35-4-2)14-15-24(19)28-27(20)34/h14-17,21-22,25H,3-13,18H2,1-2H3,(H,28,34)/t25-/m0/s1. The Morgan fingerprint density at radius 2 is 1.89 bits per heavy atom. The van der Waals surface area contributed by atoms with Crippen molar-refractivity contribution in [3.63, 3.8) is 0 Å². The van der Waals surface area contributed by atoms with Gasteiger partial charge in [0, 0.05) is 29.1 Å². The molecule has 188 valence electrons. The molecule has 35 heavy (non-hydrogen) atoms. The van der Waals surface area contributed by atoms with E-state index >= 15 is 0 Å². The number of aromatic nitrogens is 5. The molecular weight excluding hydrogens is 440 g/mol. The van der Waals surface area contributed by atoms with Crippen LogP contribution in [-0.4, -0.2) is 42.7 Å². The van der Waals surface area contributed by atoms with Crippen molar-refractivity contribution in [2.24, 2.45) is 0 Å². The van der Waals surface area contributed by atoms with E-state index in [2.05, 4.69) is 37.0 Å². The van der Waals surface area contributed by atoms with Crippen LogP contribution in [0.25, 0.3) is 10.9 Å². The molecule has 0 unspecified atom stereocenters. The first kappa shape index (κ1) is 24.0. The van der Waals surface area contributed by atoms with Crippen LogP contribution in [0, 0.1) is 0 Å². The number of benzene rings is 1. The molecule has 2 aliphatic rings. The van der Waals surface area contributed by atoms with Crippen molar-refractivity contribution in [2.75, 3.05) is 6.61 Å². The normalized spacial score (nSPS) is 18.1. The number of nitrogens with zero attached hydrogens (tertiary/aromatic N) is 5. The minimum atomic E-state index is -0.0182. The summed E-state index contributed by atoms with van der Waals surface area (Å²) < 4.78 is 7.81. The van der Waals surface area contributed by atoms with Crippen LogP contribution in [0.2, 0.25) is 0 Å². The molecule has 0 amide bonds. The summed E-state index contributed by atoms with van der Waals surface area (Å²) in [6, 6.07) is 8.83. The van der Waals surface area contributed by atoms with E-state index in [4.69, 9.17) is 4.74 Å². The SMILES string of the molecule is CCC[C@@H](c1nnnn1C1CCCC1)N(Cc1cc2cc(OCC)ccc2[nH]c1=O)C1CCCC1. The average Bonchev–Trinajstić information content (AvgIpc) is 3.64. The third-order valence-electron chi connectivity index (χ3n) is 7.80. The molecule has 2 saturated carbocycles. The summed E-state index contributed by atoms with van der Waals surface area (Å²) in [5, 5.41) is 14.2. The number of ether oxygens (including phenoxy) is 1. The van der Waals surface area contributed by atoms with Gasteiger partial charge in [0.1, 0.15) is 5.75 Å². The van der Waals surface area contributed by atoms with Gasteiger partial charge in [-0.05, 0) is 73.7 Å². The molecular formula is C27H38N6O2. The molecule has 8 nitrogen and oxygen atoms in total. The van der Waals surface area contributed by atoms with E-state index in [1.807, 2.05) is 31.2 Å². The number of hydrogen-bond acceptors (Lipinski definition) is 6. The number of hydrogen-bond donors (Lipinski definition) is 1. The lowest BCUT2D eigenvalue weighted by Gasteiger charge is -2.36. The third kappa shape index (κ3) is 5.13. The summed E-state index contributed by atoms with van der Waals surface area (Å²) in [6.07, 6.45) is 11.6. The predicted molar refractivity (Wildman–Crippen MR) is 137 cm³/mol. The number of aromatic amines is 1. The number of tetrazole rings is 1. The highest BCUT2D eigenvalue weighted by molar-refractivity contribution is 5.80. The van der Waals surface area contributed by atoms with Gasteiger partial charge in [0.25, 0.3) is 5.56 Å².